The number of furan rings is 1. The molecule has 0 aliphatic carbocycles. The maximum absolute atomic E-state index is 12.5. The van der Waals surface area contributed by atoms with Crippen LogP contribution in [-0.2, 0) is 24.0 Å². The molecule has 2 aliphatic heterocycles. The summed E-state index contributed by atoms with van der Waals surface area (Å²) >= 11 is 1.18. The van der Waals surface area contributed by atoms with E-state index in [1.54, 1.807) is 6.07 Å². The van der Waals surface area contributed by atoms with Gasteiger partial charge >= 0.3 is 35.7 Å². The SMILES string of the molecule is CON=C(C(=O)NC1C(=O)N2C(C(=O)[O-])=C(COC(N)=O)CSC12)c1ccco1.[Na+]. The predicted molar refractivity (Wildman–Crippen MR) is 94.8 cm³/mol. The number of thioether (sulfide) groups is 1. The van der Waals surface area contributed by atoms with Gasteiger partial charge in [0.15, 0.2) is 5.76 Å². The standard InChI is InChI=1S/C16H16N4O8S.Na/c1-26-19-9(8-3-2-4-27-8)12(21)18-10-13(22)20-11(15(23)24)7(5-28-16(17)25)6-29-14(10)20;/h2-4,10,14H,5-6H2,1H3,(H2,17,25)(H,18,21)(H,23,24);/q;+1/p-1. The Kier molecular flexibility index (Phi) is 7.95. The third kappa shape index (κ3) is 4.64. The van der Waals surface area contributed by atoms with Crippen LogP contribution in [0.3, 0.4) is 0 Å². The molecule has 0 spiro atoms. The fourth-order valence-corrected chi connectivity index (χ4v) is 4.18. The number of nitrogens with one attached hydrogen (secondary N) is 1. The summed E-state index contributed by atoms with van der Waals surface area (Å²) in [5.74, 6) is -2.74. The van der Waals surface area contributed by atoms with Crippen LogP contribution in [0.5, 0.6) is 0 Å². The number of ether oxygens (including phenoxy) is 1. The van der Waals surface area contributed by atoms with E-state index in [2.05, 4.69) is 20.0 Å². The molecule has 3 heterocycles. The van der Waals surface area contributed by atoms with E-state index in [-0.39, 0.29) is 59.0 Å². The van der Waals surface area contributed by atoms with Crippen LogP contribution in [0.2, 0.25) is 0 Å². The van der Waals surface area contributed by atoms with Crippen molar-refractivity contribution in [2.75, 3.05) is 19.5 Å². The molecule has 1 saturated heterocycles. The molecular formula is C16H15N4NaO8S. The molecule has 30 heavy (non-hydrogen) atoms. The van der Waals surface area contributed by atoms with Gasteiger partial charge < -0.3 is 34.9 Å². The molecule has 3 amide bonds. The van der Waals surface area contributed by atoms with E-state index in [9.17, 15) is 24.3 Å². The van der Waals surface area contributed by atoms with Gasteiger partial charge in [-0.25, -0.2) is 4.79 Å². The summed E-state index contributed by atoms with van der Waals surface area (Å²) in [6.07, 6.45) is 0.262. The summed E-state index contributed by atoms with van der Waals surface area (Å²) in [5.41, 5.74) is 4.48. The van der Waals surface area contributed by atoms with Crippen LogP contribution in [0.25, 0.3) is 0 Å². The minimum absolute atomic E-state index is 0. The van der Waals surface area contributed by atoms with Gasteiger partial charge in [0.1, 0.15) is 25.1 Å². The molecular weight excluding hydrogens is 431 g/mol. The second kappa shape index (κ2) is 10.0. The summed E-state index contributed by atoms with van der Waals surface area (Å²) in [6.45, 7) is -0.387. The van der Waals surface area contributed by atoms with Gasteiger partial charge in [-0.05, 0) is 12.1 Å². The molecule has 0 aromatic carbocycles. The number of carboxylic acids is 1. The fraction of sp³-hybridized carbons (Fsp3) is 0.312. The van der Waals surface area contributed by atoms with E-state index in [4.69, 9.17) is 10.2 Å². The summed E-state index contributed by atoms with van der Waals surface area (Å²) in [6, 6.07) is 2.04. The molecule has 2 aliphatic rings. The molecule has 3 rings (SSSR count). The average Bonchev–Trinajstić information content (AvgIpc) is 3.21. The smallest absolute Gasteiger partial charge is 0.543 e. The first kappa shape index (κ1) is 23.8. The Bertz CT molecular complexity index is 916. The number of nitrogens with zero attached hydrogens (tertiary/aromatic N) is 2. The van der Waals surface area contributed by atoms with Crippen molar-refractivity contribution in [2.45, 2.75) is 11.4 Å². The normalized spacial score (nSPS) is 20.5. The molecule has 0 bridgehead atoms. The number of rotatable bonds is 7. The van der Waals surface area contributed by atoms with E-state index in [0.29, 0.717) is 0 Å². The third-order valence-corrected chi connectivity index (χ3v) is 5.41. The maximum atomic E-state index is 12.5. The first-order valence-corrected chi connectivity index (χ1v) is 9.16. The van der Waals surface area contributed by atoms with E-state index >= 15 is 0 Å². The summed E-state index contributed by atoms with van der Waals surface area (Å²) < 4.78 is 9.75. The van der Waals surface area contributed by atoms with Gasteiger partial charge in [0.05, 0.1) is 17.9 Å². The Balaban J connectivity index is 0.00000320. The van der Waals surface area contributed by atoms with E-state index in [1.165, 1.54) is 31.2 Å². The molecule has 154 valence electrons. The fourth-order valence-electron chi connectivity index (χ4n) is 2.85. The number of aliphatic carboxylic acids is 1. The average molecular weight is 446 g/mol. The van der Waals surface area contributed by atoms with Crippen LogP contribution in [0.15, 0.2) is 39.2 Å². The van der Waals surface area contributed by atoms with Gasteiger partial charge in [-0.2, -0.15) is 0 Å². The minimum atomic E-state index is -1.60. The van der Waals surface area contributed by atoms with Crippen LogP contribution >= 0.6 is 11.8 Å². The van der Waals surface area contributed by atoms with Gasteiger partial charge in [-0.1, -0.05) is 5.16 Å². The molecule has 2 unspecified atom stereocenters. The summed E-state index contributed by atoms with van der Waals surface area (Å²) in [7, 11) is 1.25. The second-order valence-electron chi connectivity index (χ2n) is 5.81. The molecule has 14 heteroatoms. The number of oxime groups is 1. The Labute approximate surface area is 196 Å². The molecule has 3 N–H and O–H groups in total. The van der Waals surface area contributed by atoms with Crippen molar-refractivity contribution in [3.8, 4) is 0 Å². The van der Waals surface area contributed by atoms with Crippen molar-refractivity contribution in [3.63, 3.8) is 0 Å². The van der Waals surface area contributed by atoms with E-state index < -0.39 is 41.0 Å². The van der Waals surface area contributed by atoms with Gasteiger partial charge in [0.25, 0.3) is 11.8 Å². The molecule has 2 atom stereocenters. The van der Waals surface area contributed by atoms with Crippen molar-refractivity contribution in [2.24, 2.45) is 10.9 Å². The molecule has 12 nitrogen and oxygen atoms in total. The number of fused-ring (bicyclic) bond motifs is 1. The molecule has 1 fully saturated rings. The quantitative estimate of drug-likeness (QED) is 0.180. The van der Waals surface area contributed by atoms with Crippen molar-refractivity contribution < 1.29 is 67.8 Å². The van der Waals surface area contributed by atoms with Gasteiger partial charge in [-0.3, -0.25) is 14.5 Å². The van der Waals surface area contributed by atoms with Crippen LogP contribution in [0.4, 0.5) is 4.79 Å². The number of carbonyl (C=O) groups excluding carboxylic acids is 4. The number of hydrogen-bond acceptors (Lipinski definition) is 10. The predicted octanol–water partition coefficient (Wildman–Crippen LogP) is -4.87. The molecule has 1 aromatic heterocycles. The second-order valence-corrected chi connectivity index (χ2v) is 6.91. The molecule has 0 radical (unpaired) electrons. The van der Waals surface area contributed by atoms with Gasteiger partial charge in [0.2, 0.25) is 5.71 Å². The Morgan fingerprint density at radius 3 is 2.77 bits per heavy atom. The number of carboxylic acid groups (broad SMARTS) is 1. The van der Waals surface area contributed by atoms with Crippen molar-refractivity contribution >= 4 is 41.4 Å². The van der Waals surface area contributed by atoms with Gasteiger partial charge in [-0.15, -0.1) is 11.8 Å². The summed E-state index contributed by atoms with van der Waals surface area (Å²) in [4.78, 5) is 53.0. The first-order valence-electron chi connectivity index (χ1n) is 8.11. The molecule has 1 aromatic rings. The van der Waals surface area contributed by atoms with Gasteiger partial charge in [0, 0.05) is 11.3 Å². The number of nitrogens with two attached hydrogens (primary N) is 1. The number of hydrogen-bond donors (Lipinski definition) is 2. The third-order valence-electron chi connectivity index (χ3n) is 4.07. The first-order chi connectivity index (χ1) is 13.8. The monoisotopic (exact) mass is 446 g/mol. The minimum Gasteiger partial charge on any atom is -0.543 e. The summed E-state index contributed by atoms with van der Waals surface area (Å²) in [5, 5.41) is 17.0. The molecule has 0 saturated carbocycles. The maximum Gasteiger partial charge on any atom is 1.00 e. The van der Waals surface area contributed by atoms with Crippen LogP contribution in [0, 0.1) is 0 Å². The zero-order valence-corrected chi connectivity index (χ0v) is 18.8. The van der Waals surface area contributed by atoms with Crippen LogP contribution in [-0.4, -0.2) is 65.4 Å². The zero-order valence-electron chi connectivity index (χ0n) is 15.9. The topological polar surface area (TPSA) is 177 Å². The number of carbonyl (C=O) groups is 4. The number of β-lactam (4-membered cyclic amide) rings is 1. The van der Waals surface area contributed by atoms with Crippen molar-refractivity contribution in [1.82, 2.24) is 10.2 Å². The zero-order chi connectivity index (χ0) is 21.1. The van der Waals surface area contributed by atoms with Crippen LogP contribution < -0.4 is 45.7 Å². The van der Waals surface area contributed by atoms with E-state index in [0.717, 1.165) is 4.90 Å². The Hall–Kier alpha value is -2.48. The van der Waals surface area contributed by atoms with Crippen molar-refractivity contribution in [3.05, 3.63) is 35.4 Å². The Morgan fingerprint density at radius 1 is 1.47 bits per heavy atom. The number of amides is 3. The van der Waals surface area contributed by atoms with Crippen LogP contribution in [0.1, 0.15) is 5.76 Å². The Morgan fingerprint density at radius 2 is 2.20 bits per heavy atom. The largest absolute Gasteiger partial charge is 1.00 e. The van der Waals surface area contributed by atoms with Crippen molar-refractivity contribution in [1.29, 1.82) is 0 Å². The van der Waals surface area contributed by atoms with E-state index in [1.807, 2.05) is 0 Å². The number of primary amides is 1.